The molecule has 0 aliphatic carbocycles. The molecular formula is C30H25BrN2O5S. The van der Waals surface area contributed by atoms with Crippen molar-refractivity contribution in [3.8, 4) is 11.5 Å². The number of esters is 1. The molecule has 2 heterocycles. The maximum atomic E-state index is 13.7. The van der Waals surface area contributed by atoms with E-state index in [2.05, 4.69) is 20.9 Å². The number of nitrogens with zero attached hydrogens (tertiary/aromatic N) is 2. The fourth-order valence-corrected chi connectivity index (χ4v) is 5.74. The van der Waals surface area contributed by atoms with E-state index >= 15 is 0 Å². The Bertz CT molecular complexity index is 1740. The van der Waals surface area contributed by atoms with Gasteiger partial charge in [0.15, 0.2) is 16.3 Å². The van der Waals surface area contributed by atoms with E-state index < -0.39 is 12.0 Å². The van der Waals surface area contributed by atoms with Crippen molar-refractivity contribution in [2.75, 3.05) is 14.2 Å². The average molecular weight is 606 g/mol. The molecule has 3 aromatic carbocycles. The van der Waals surface area contributed by atoms with E-state index in [0.29, 0.717) is 38.7 Å². The van der Waals surface area contributed by atoms with Crippen LogP contribution < -0.4 is 24.4 Å². The molecule has 1 aromatic heterocycles. The molecule has 0 bridgehead atoms. The Labute approximate surface area is 237 Å². The number of thiazole rings is 1. The zero-order chi connectivity index (χ0) is 27.5. The predicted molar refractivity (Wildman–Crippen MR) is 154 cm³/mol. The summed E-state index contributed by atoms with van der Waals surface area (Å²) in [5.74, 6) is 0.643. The number of benzene rings is 3. The van der Waals surface area contributed by atoms with Crippen LogP contribution in [0.5, 0.6) is 11.5 Å². The summed E-state index contributed by atoms with van der Waals surface area (Å²) in [6.07, 6.45) is 1.80. The number of carbonyl (C=O) groups excluding carboxylic acids is 1. The van der Waals surface area contributed by atoms with E-state index in [9.17, 15) is 9.59 Å². The molecule has 0 radical (unpaired) electrons. The normalized spacial score (nSPS) is 15.0. The molecule has 198 valence electrons. The molecule has 4 aromatic rings. The van der Waals surface area contributed by atoms with E-state index in [1.165, 1.54) is 18.4 Å². The molecule has 1 aliphatic heterocycles. The highest BCUT2D eigenvalue weighted by molar-refractivity contribution is 9.10. The predicted octanol–water partition coefficient (Wildman–Crippen LogP) is 4.76. The molecule has 1 unspecified atom stereocenters. The van der Waals surface area contributed by atoms with Crippen LogP contribution in [-0.4, -0.2) is 24.8 Å². The third kappa shape index (κ3) is 5.46. The van der Waals surface area contributed by atoms with Crippen LogP contribution in [-0.2, 0) is 16.1 Å². The summed E-state index contributed by atoms with van der Waals surface area (Å²) in [5.41, 5.74) is 3.23. The van der Waals surface area contributed by atoms with Gasteiger partial charge in [0.05, 0.1) is 36.1 Å². The van der Waals surface area contributed by atoms with Gasteiger partial charge in [-0.3, -0.25) is 9.36 Å². The van der Waals surface area contributed by atoms with Crippen LogP contribution in [0.25, 0.3) is 6.08 Å². The zero-order valence-corrected chi connectivity index (χ0v) is 23.9. The Morgan fingerprint density at radius 1 is 1.05 bits per heavy atom. The molecule has 5 rings (SSSR count). The van der Waals surface area contributed by atoms with Gasteiger partial charge < -0.3 is 14.2 Å². The van der Waals surface area contributed by atoms with E-state index in [1.54, 1.807) is 24.7 Å². The molecule has 0 fully saturated rings. The standard InChI is InChI=1S/C30H25BrN2O5S/c1-18-26(29(35)37-3)27(21-7-5-4-6-8-21)33-28(34)25(39-30(33)32-18)16-20-11-14-23(24(15-20)36-2)38-17-19-9-12-22(31)13-10-19/h4-16,27H,17H2,1-3H3. The summed E-state index contributed by atoms with van der Waals surface area (Å²) in [6.45, 7) is 2.15. The van der Waals surface area contributed by atoms with Crippen LogP contribution in [0, 0.1) is 0 Å². The number of halogens is 1. The van der Waals surface area contributed by atoms with Gasteiger partial charge in [0.25, 0.3) is 5.56 Å². The molecule has 39 heavy (non-hydrogen) atoms. The maximum absolute atomic E-state index is 13.7. The minimum atomic E-state index is -0.638. The van der Waals surface area contributed by atoms with Gasteiger partial charge in [-0.25, -0.2) is 9.79 Å². The van der Waals surface area contributed by atoms with Crippen molar-refractivity contribution in [3.63, 3.8) is 0 Å². The lowest BCUT2D eigenvalue weighted by molar-refractivity contribution is -0.136. The SMILES string of the molecule is COC(=O)C1=C(C)N=c2sc(=Cc3ccc(OCc4ccc(Br)cc4)c(OC)c3)c(=O)n2C1c1ccccc1. The number of hydrogen-bond acceptors (Lipinski definition) is 7. The smallest absolute Gasteiger partial charge is 0.338 e. The number of aromatic nitrogens is 1. The first-order valence-corrected chi connectivity index (χ1v) is 13.7. The Hall–Kier alpha value is -3.95. The third-order valence-electron chi connectivity index (χ3n) is 6.34. The monoisotopic (exact) mass is 604 g/mol. The van der Waals surface area contributed by atoms with Gasteiger partial charge >= 0.3 is 5.97 Å². The molecule has 7 nitrogen and oxygen atoms in total. The second-order valence-corrected chi connectivity index (χ2v) is 10.7. The van der Waals surface area contributed by atoms with E-state index in [1.807, 2.05) is 72.8 Å². The van der Waals surface area contributed by atoms with Crippen molar-refractivity contribution in [2.24, 2.45) is 4.99 Å². The Balaban J connectivity index is 1.53. The van der Waals surface area contributed by atoms with Crippen molar-refractivity contribution in [3.05, 3.63) is 125 Å². The molecule has 0 saturated carbocycles. The maximum Gasteiger partial charge on any atom is 0.338 e. The van der Waals surface area contributed by atoms with E-state index in [-0.39, 0.29) is 5.56 Å². The summed E-state index contributed by atoms with van der Waals surface area (Å²) in [5, 5.41) is 0. The summed E-state index contributed by atoms with van der Waals surface area (Å²) in [7, 11) is 2.91. The summed E-state index contributed by atoms with van der Waals surface area (Å²) < 4.78 is 19.7. The zero-order valence-electron chi connectivity index (χ0n) is 21.5. The van der Waals surface area contributed by atoms with Crippen molar-refractivity contribution in [2.45, 2.75) is 19.6 Å². The van der Waals surface area contributed by atoms with Gasteiger partial charge in [0.2, 0.25) is 0 Å². The van der Waals surface area contributed by atoms with Crippen LogP contribution in [0.2, 0.25) is 0 Å². The first-order chi connectivity index (χ1) is 18.9. The molecule has 0 amide bonds. The summed E-state index contributed by atoms with van der Waals surface area (Å²) in [6, 6.07) is 22.2. The van der Waals surface area contributed by atoms with Gasteiger partial charge in [0.1, 0.15) is 6.61 Å². The molecule has 9 heteroatoms. The number of fused-ring (bicyclic) bond motifs is 1. The van der Waals surface area contributed by atoms with Crippen molar-refractivity contribution < 1.29 is 19.0 Å². The van der Waals surface area contributed by atoms with Crippen molar-refractivity contribution in [1.82, 2.24) is 4.57 Å². The fourth-order valence-electron chi connectivity index (χ4n) is 4.43. The number of rotatable bonds is 7. The largest absolute Gasteiger partial charge is 0.493 e. The van der Waals surface area contributed by atoms with Gasteiger partial charge in [-0.2, -0.15) is 0 Å². The number of ether oxygens (including phenoxy) is 3. The Kier molecular flexibility index (Phi) is 7.81. The lowest BCUT2D eigenvalue weighted by atomic mass is 9.96. The van der Waals surface area contributed by atoms with Gasteiger partial charge in [-0.15, -0.1) is 0 Å². The van der Waals surface area contributed by atoms with Crippen molar-refractivity contribution in [1.29, 1.82) is 0 Å². The van der Waals surface area contributed by atoms with E-state index in [0.717, 1.165) is 21.2 Å². The van der Waals surface area contributed by atoms with Crippen LogP contribution in [0.15, 0.2) is 98.3 Å². The lowest BCUT2D eigenvalue weighted by Gasteiger charge is -2.24. The molecule has 1 atom stereocenters. The average Bonchev–Trinajstić information content (AvgIpc) is 3.26. The minimum absolute atomic E-state index is 0.240. The molecule has 0 saturated heterocycles. The second kappa shape index (κ2) is 11.4. The van der Waals surface area contributed by atoms with Crippen LogP contribution in [0.4, 0.5) is 0 Å². The highest BCUT2D eigenvalue weighted by Crippen LogP contribution is 2.31. The quantitative estimate of drug-likeness (QED) is 0.284. The van der Waals surface area contributed by atoms with Crippen molar-refractivity contribution >= 4 is 39.3 Å². The highest BCUT2D eigenvalue weighted by Gasteiger charge is 2.32. The first-order valence-electron chi connectivity index (χ1n) is 12.1. The topological polar surface area (TPSA) is 79.1 Å². The second-order valence-electron chi connectivity index (χ2n) is 8.81. The third-order valence-corrected chi connectivity index (χ3v) is 7.85. The van der Waals surface area contributed by atoms with Gasteiger partial charge in [0, 0.05) is 4.47 Å². The van der Waals surface area contributed by atoms with Gasteiger partial charge in [-0.1, -0.05) is 75.8 Å². The number of allylic oxidation sites excluding steroid dienone is 1. The van der Waals surface area contributed by atoms with E-state index in [4.69, 9.17) is 14.2 Å². The molecular weight excluding hydrogens is 580 g/mol. The number of carbonyl (C=O) groups is 1. The van der Waals surface area contributed by atoms with Gasteiger partial charge in [-0.05, 0) is 54.0 Å². The summed E-state index contributed by atoms with van der Waals surface area (Å²) in [4.78, 5) is 31.6. The fraction of sp³-hybridized carbons (Fsp3) is 0.167. The summed E-state index contributed by atoms with van der Waals surface area (Å²) >= 11 is 4.71. The van der Waals surface area contributed by atoms with Crippen LogP contribution in [0.1, 0.15) is 29.7 Å². The highest BCUT2D eigenvalue weighted by atomic mass is 79.9. The lowest BCUT2D eigenvalue weighted by Crippen LogP contribution is -2.39. The Morgan fingerprint density at radius 2 is 1.79 bits per heavy atom. The molecule has 1 aliphatic rings. The number of hydrogen-bond donors (Lipinski definition) is 0. The number of methoxy groups -OCH3 is 2. The first kappa shape index (κ1) is 26.6. The van der Waals surface area contributed by atoms with Crippen LogP contribution in [0.3, 0.4) is 0 Å². The molecule has 0 N–H and O–H groups in total. The minimum Gasteiger partial charge on any atom is -0.493 e. The Morgan fingerprint density at radius 3 is 2.49 bits per heavy atom. The van der Waals surface area contributed by atoms with Crippen LogP contribution >= 0.6 is 27.3 Å². The molecule has 0 spiro atoms.